The van der Waals surface area contributed by atoms with Crippen LogP contribution in [0.4, 0.5) is 0 Å². The Kier molecular flexibility index (Phi) is 4.69. The van der Waals surface area contributed by atoms with E-state index in [1.54, 1.807) is 21.4 Å². The van der Waals surface area contributed by atoms with Gasteiger partial charge in [-0.1, -0.05) is 42.4 Å². The van der Waals surface area contributed by atoms with Gasteiger partial charge in [-0.25, -0.2) is 0 Å². The molecule has 0 fully saturated rings. The van der Waals surface area contributed by atoms with Crippen molar-refractivity contribution in [1.29, 1.82) is 0 Å². The fraction of sp³-hybridized carbons (Fsp3) is 0.400. The van der Waals surface area contributed by atoms with E-state index < -0.39 is 0 Å². The Morgan fingerprint density at radius 3 is 2.46 bits per heavy atom. The molecule has 3 heteroatoms. The molecule has 0 spiro atoms. The van der Waals surface area contributed by atoms with Crippen LogP contribution < -0.4 is 0 Å². The Morgan fingerprint density at radius 2 is 1.92 bits per heavy atom. The number of aryl methyl sites for hydroxylation is 2. The van der Waals surface area contributed by atoms with Gasteiger partial charge in [-0.05, 0) is 28.7 Å². The number of benzene rings is 1. The van der Waals surface area contributed by atoms with Gasteiger partial charge in [-0.2, -0.15) is 0 Å². The summed E-state index contributed by atoms with van der Waals surface area (Å²) >= 11 is 0. The van der Waals surface area contributed by atoms with Crippen LogP contribution in [0.3, 0.4) is 0 Å². The molecule has 0 N–H and O–H groups in total. The molecule has 0 aliphatic heterocycles. The molecule has 1 aromatic carbocycles. The Labute approximate surface area is 88.2 Å². The highest BCUT2D eigenvalue weighted by Crippen LogP contribution is 2.05. The fourth-order valence-electron chi connectivity index (χ4n) is 1.47. The minimum atomic E-state index is -0.0438. The van der Waals surface area contributed by atoms with Crippen LogP contribution in [-0.4, -0.2) is 26.6 Å². The van der Waals surface area contributed by atoms with E-state index in [1.165, 1.54) is 12.0 Å². The molecule has 0 radical (unpaired) electrons. The van der Waals surface area contributed by atoms with Crippen LogP contribution in [0.1, 0.15) is 11.1 Å². The van der Waals surface area contributed by atoms with Crippen LogP contribution in [0.25, 0.3) is 0 Å². The van der Waals surface area contributed by atoms with Crippen molar-refractivity contribution >= 4 is 26.6 Å². The monoisotopic (exact) mass is 224 g/mol. The summed E-state index contributed by atoms with van der Waals surface area (Å²) in [5.41, 5.74) is 2.93. The van der Waals surface area contributed by atoms with Gasteiger partial charge in [0, 0.05) is 16.9 Å². The quantitative estimate of drug-likeness (QED) is 0.647. The standard InChI is InChI=1S/C10H20Si3/c1-9-3-5-10(6-4-9)7-8-12-13(2)11/h3-6,13H,7-8,12H2,1-2,11H3. The molecule has 0 amide bonds. The van der Waals surface area contributed by atoms with Crippen LogP contribution >= 0.6 is 0 Å². The Hall–Kier alpha value is -0.129. The minimum Gasteiger partial charge on any atom is -0.0768 e. The van der Waals surface area contributed by atoms with Crippen LogP contribution in [0.15, 0.2) is 24.3 Å². The van der Waals surface area contributed by atoms with Crippen LogP contribution in [0.5, 0.6) is 0 Å². The second-order valence-electron chi connectivity index (χ2n) is 4.27. The first-order chi connectivity index (χ1) is 6.18. The lowest BCUT2D eigenvalue weighted by molar-refractivity contribution is 1.13. The third-order valence-corrected chi connectivity index (χ3v) is 14.2. The molecule has 1 atom stereocenters. The van der Waals surface area contributed by atoms with Gasteiger partial charge in [0.05, 0.1) is 0 Å². The zero-order chi connectivity index (χ0) is 9.68. The molecule has 0 aliphatic carbocycles. The van der Waals surface area contributed by atoms with Gasteiger partial charge in [0.1, 0.15) is 0 Å². The Bertz CT molecular complexity index is 241. The lowest BCUT2D eigenvalue weighted by Crippen LogP contribution is -2.18. The summed E-state index contributed by atoms with van der Waals surface area (Å²) in [7, 11) is 1.89. The second kappa shape index (κ2) is 5.57. The van der Waals surface area contributed by atoms with Crippen molar-refractivity contribution in [3.8, 4) is 0 Å². The van der Waals surface area contributed by atoms with E-state index in [2.05, 4.69) is 37.7 Å². The molecule has 1 unspecified atom stereocenters. The van der Waals surface area contributed by atoms with Crippen molar-refractivity contribution in [2.24, 2.45) is 0 Å². The lowest BCUT2D eigenvalue weighted by atomic mass is 10.1. The molecule has 0 saturated heterocycles. The summed E-state index contributed by atoms with van der Waals surface area (Å²) in [6, 6.07) is 10.6. The molecule has 0 aliphatic rings. The smallest absolute Gasteiger partial charge is 0.00851 e. The summed E-state index contributed by atoms with van der Waals surface area (Å²) in [6.45, 7) is 4.71. The van der Waals surface area contributed by atoms with Gasteiger partial charge in [-0.3, -0.25) is 0 Å². The molecule has 1 aromatic rings. The Balaban J connectivity index is 2.33. The lowest BCUT2D eigenvalue weighted by Gasteiger charge is -2.03. The number of hydrogen-bond donors (Lipinski definition) is 0. The van der Waals surface area contributed by atoms with Gasteiger partial charge in [-0.15, -0.1) is 0 Å². The summed E-state index contributed by atoms with van der Waals surface area (Å²) < 4.78 is 0. The summed E-state index contributed by atoms with van der Waals surface area (Å²) in [5.74, 6) is 0. The number of hydrogen-bond acceptors (Lipinski definition) is 0. The molecule has 13 heavy (non-hydrogen) atoms. The van der Waals surface area contributed by atoms with Gasteiger partial charge in [0.2, 0.25) is 0 Å². The van der Waals surface area contributed by atoms with Crippen molar-refractivity contribution in [2.45, 2.75) is 25.9 Å². The first kappa shape index (κ1) is 10.9. The zero-order valence-corrected chi connectivity index (χ0v) is 13.6. The van der Waals surface area contributed by atoms with E-state index in [4.69, 9.17) is 0 Å². The topological polar surface area (TPSA) is 0 Å². The fourth-order valence-corrected chi connectivity index (χ4v) is 9.63. The van der Waals surface area contributed by atoms with E-state index in [0.717, 1.165) is 0 Å². The van der Waals surface area contributed by atoms with E-state index in [-0.39, 0.29) is 7.83 Å². The third-order valence-electron chi connectivity index (χ3n) is 2.37. The van der Waals surface area contributed by atoms with Crippen molar-refractivity contribution in [1.82, 2.24) is 0 Å². The minimum absolute atomic E-state index is 0.0438. The van der Waals surface area contributed by atoms with Crippen LogP contribution in [-0.2, 0) is 6.42 Å². The highest BCUT2D eigenvalue weighted by Gasteiger charge is 1.97. The predicted octanol–water partition coefficient (Wildman–Crippen LogP) is 0.340. The average molecular weight is 225 g/mol. The van der Waals surface area contributed by atoms with Crippen molar-refractivity contribution in [3.05, 3.63) is 35.4 Å². The molecular weight excluding hydrogens is 204 g/mol. The molecule has 0 aromatic heterocycles. The Morgan fingerprint density at radius 1 is 1.31 bits per heavy atom. The highest BCUT2D eigenvalue weighted by molar-refractivity contribution is 7.34. The van der Waals surface area contributed by atoms with Crippen LogP contribution in [0.2, 0.25) is 12.6 Å². The maximum absolute atomic E-state index is 2.55. The maximum atomic E-state index is 2.55. The van der Waals surface area contributed by atoms with E-state index in [9.17, 15) is 0 Å². The van der Waals surface area contributed by atoms with Gasteiger partial charge in [0.15, 0.2) is 0 Å². The van der Waals surface area contributed by atoms with Crippen molar-refractivity contribution < 1.29 is 0 Å². The molecule has 1 rings (SSSR count). The molecule has 72 valence electrons. The summed E-state index contributed by atoms with van der Waals surface area (Å²) in [4.78, 5) is 0. The van der Waals surface area contributed by atoms with Gasteiger partial charge < -0.3 is 0 Å². The molecule has 0 saturated carbocycles. The summed E-state index contributed by atoms with van der Waals surface area (Å²) in [5, 5.41) is 0. The number of rotatable bonds is 4. The average Bonchev–Trinajstić information content (AvgIpc) is 2.08. The van der Waals surface area contributed by atoms with E-state index >= 15 is 0 Å². The van der Waals surface area contributed by atoms with E-state index in [0.29, 0.717) is 9.04 Å². The van der Waals surface area contributed by atoms with Crippen molar-refractivity contribution in [2.75, 3.05) is 0 Å². The van der Waals surface area contributed by atoms with E-state index in [1.807, 2.05) is 0 Å². The largest absolute Gasteiger partial charge is 0.0768 e. The second-order valence-corrected chi connectivity index (χ2v) is 25.8. The molecule has 0 bridgehead atoms. The SMILES string of the molecule is Cc1ccc(CC[SiH2][SiH](C)[SiH3])cc1. The molecular formula is C10H20Si3. The normalized spacial score (nSPS) is 14.0. The third kappa shape index (κ3) is 4.59. The van der Waals surface area contributed by atoms with Crippen LogP contribution in [0, 0.1) is 6.92 Å². The first-order valence-electron chi connectivity index (χ1n) is 5.24. The zero-order valence-electron chi connectivity index (χ0n) is 9.01. The highest BCUT2D eigenvalue weighted by atomic mass is 29.5. The first-order valence-corrected chi connectivity index (χ1v) is 15.3. The maximum Gasteiger partial charge on any atom is 0.00851 e. The van der Waals surface area contributed by atoms with Gasteiger partial charge in [0.25, 0.3) is 0 Å². The summed E-state index contributed by atoms with van der Waals surface area (Å²) in [6.07, 6.45) is 1.35. The van der Waals surface area contributed by atoms with Crippen molar-refractivity contribution in [3.63, 3.8) is 0 Å². The molecule has 0 heterocycles. The molecule has 0 nitrogen and oxygen atoms in total. The van der Waals surface area contributed by atoms with Gasteiger partial charge >= 0.3 is 0 Å². The predicted molar refractivity (Wildman–Crippen MR) is 71.2 cm³/mol.